The predicted octanol–water partition coefficient (Wildman–Crippen LogP) is 3.81. The Morgan fingerprint density at radius 2 is 1.50 bits per heavy atom. The molecule has 3 nitrogen and oxygen atoms in total. The number of nitrogens with zero attached hydrogens (tertiary/aromatic N) is 1. The smallest absolute Gasteiger partial charge is 0.207 e. The second-order valence-corrected chi connectivity index (χ2v) is 8.33. The summed E-state index contributed by atoms with van der Waals surface area (Å²) in [4.78, 5) is 0.402. The highest BCUT2D eigenvalue weighted by atomic mass is 32.2. The molecular formula is C20H19NO2S. The SMILES string of the molecule is C[C@@H]1C(c2ccccc2)=CC=C2c3ccccc3S(=O)(=O)N(C)[C@H]21. The molecule has 2 aromatic carbocycles. The Kier molecular flexibility index (Phi) is 3.48. The molecule has 1 heterocycles. The van der Waals surface area contributed by atoms with Gasteiger partial charge in [0.15, 0.2) is 0 Å². The van der Waals surface area contributed by atoms with E-state index in [1.165, 1.54) is 9.88 Å². The van der Waals surface area contributed by atoms with Gasteiger partial charge in [-0.3, -0.25) is 0 Å². The molecule has 24 heavy (non-hydrogen) atoms. The molecule has 0 N–H and O–H groups in total. The van der Waals surface area contributed by atoms with Crippen molar-refractivity contribution in [1.29, 1.82) is 0 Å². The first-order valence-electron chi connectivity index (χ1n) is 8.06. The highest BCUT2D eigenvalue weighted by molar-refractivity contribution is 7.89. The maximum atomic E-state index is 12.9. The molecule has 0 bridgehead atoms. The quantitative estimate of drug-likeness (QED) is 0.793. The molecular weight excluding hydrogens is 318 g/mol. The fourth-order valence-electron chi connectivity index (χ4n) is 3.85. The van der Waals surface area contributed by atoms with Crippen LogP contribution in [0.3, 0.4) is 0 Å². The first-order chi connectivity index (χ1) is 11.5. The highest BCUT2D eigenvalue weighted by Crippen LogP contribution is 2.45. The molecule has 4 rings (SSSR count). The van der Waals surface area contributed by atoms with E-state index >= 15 is 0 Å². The number of benzene rings is 2. The van der Waals surface area contributed by atoms with Crippen molar-refractivity contribution in [2.24, 2.45) is 5.92 Å². The fourth-order valence-corrected chi connectivity index (χ4v) is 5.47. The van der Waals surface area contributed by atoms with Gasteiger partial charge in [0.1, 0.15) is 0 Å². The summed E-state index contributed by atoms with van der Waals surface area (Å²) in [7, 11) is -1.78. The lowest BCUT2D eigenvalue weighted by atomic mass is 9.78. The lowest BCUT2D eigenvalue weighted by molar-refractivity contribution is 0.372. The second kappa shape index (κ2) is 5.43. The third-order valence-electron chi connectivity index (χ3n) is 5.08. The standard InChI is InChI=1S/C20H19NO2S/c1-14-16(15-8-4-3-5-9-15)12-13-18-17-10-6-7-11-19(17)24(22,23)21(2)20(14)18/h3-14,20H,1-2H3/t14-,20+/m1/s1. The van der Waals surface area contributed by atoms with Crippen LogP contribution in [-0.4, -0.2) is 25.8 Å². The maximum Gasteiger partial charge on any atom is 0.244 e. The van der Waals surface area contributed by atoms with Crippen LogP contribution in [0, 0.1) is 5.92 Å². The zero-order chi connectivity index (χ0) is 16.9. The molecule has 2 aromatic rings. The van der Waals surface area contributed by atoms with Crippen LogP contribution >= 0.6 is 0 Å². The number of hydrogen-bond donors (Lipinski definition) is 0. The van der Waals surface area contributed by atoms with E-state index in [1.54, 1.807) is 19.2 Å². The minimum atomic E-state index is -3.46. The van der Waals surface area contributed by atoms with Gasteiger partial charge >= 0.3 is 0 Å². The monoisotopic (exact) mass is 337 g/mol. The van der Waals surface area contributed by atoms with Crippen LogP contribution in [0.4, 0.5) is 0 Å². The molecule has 0 spiro atoms. The zero-order valence-electron chi connectivity index (χ0n) is 13.7. The van der Waals surface area contributed by atoms with Crippen molar-refractivity contribution in [3.63, 3.8) is 0 Å². The molecule has 0 saturated heterocycles. The van der Waals surface area contributed by atoms with Crippen molar-refractivity contribution in [2.45, 2.75) is 17.9 Å². The van der Waals surface area contributed by atoms with Crippen LogP contribution in [0.15, 0.2) is 71.6 Å². The van der Waals surface area contributed by atoms with Gasteiger partial charge in [0.2, 0.25) is 10.0 Å². The van der Waals surface area contributed by atoms with Gasteiger partial charge in [-0.15, -0.1) is 0 Å². The molecule has 0 aromatic heterocycles. The Labute approximate surface area is 143 Å². The lowest BCUT2D eigenvalue weighted by Gasteiger charge is -2.41. The summed E-state index contributed by atoms with van der Waals surface area (Å²) in [6.45, 7) is 2.11. The molecule has 4 heteroatoms. The number of fused-ring (bicyclic) bond motifs is 3. The number of sulfonamides is 1. The summed E-state index contributed by atoms with van der Waals surface area (Å²) in [5, 5.41) is 0. The number of allylic oxidation sites excluding steroid dienone is 2. The van der Waals surface area contributed by atoms with E-state index in [4.69, 9.17) is 0 Å². The van der Waals surface area contributed by atoms with Gasteiger partial charge in [-0.25, -0.2) is 8.42 Å². The van der Waals surface area contributed by atoms with E-state index in [2.05, 4.69) is 31.2 Å². The molecule has 0 saturated carbocycles. The molecule has 0 amide bonds. The summed E-state index contributed by atoms with van der Waals surface area (Å²) in [6.07, 6.45) is 4.21. The molecule has 2 aliphatic rings. The van der Waals surface area contributed by atoms with Gasteiger partial charge in [0.25, 0.3) is 0 Å². The first kappa shape index (κ1) is 15.4. The number of rotatable bonds is 1. The predicted molar refractivity (Wildman–Crippen MR) is 96.7 cm³/mol. The van der Waals surface area contributed by atoms with Crippen LogP contribution < -0.4 is 0 Å². The van der Waals surface area contributed by atoms with Gasteiger partial charge in [-0.05, 0) is 28.3 Å². The number of hydrogen-bond acceptors (Lipinski definition) is 2. The number of likely N-dealkylation sites (N-methyl/N-ethyl adjacent to an activating group) is 1. The minimum absolute atomic E-state index is 0.0838. The van der Waals surface area contributed by atoms with E-state index < -0.39 is 10.0 Å². The largest absolute Gasteiger partial charge is 0.244 e. The first-order valence-corrected chi connectivity index (χ1v) is 9.50. The molecule has 1 aliphatic carbocycles. The zero-order valence-corrected chi connectivity index (χ0v) is 14.5. The third kappa shape index (κ3) is 2.10. The molecule has 122 valence electrons. The summed E-state index contributed by atoms with van der Waals surface area (Å²) in [5.74, 6) is 0.0838. The van der Waals surface area contributed by atoms with E-state index in [-0.39, 0.29) is 12.0 Å². The highest BCUT2D eigenvalue weighted by Gasteiger charge is 2.43. The van der Waals surface area contributed by atoms with Crippen molar-refractivity contribution in [3.05, 3.63) is 77.9 Å². The molecule has 2 atom stereocenters. The average molecular weight is 337 g/mol. The fraction of sp³-hybridized carbons (Fsp3) is 0.200. The third-order valence-corrected chi connectivity index (χ3v) is 6.98. The van der Waals surface area contributed by atoms with Crippen molar-refractivity contribution < 1.29 is 8.42 Å². The minimum Gasteiger partial charge on any atom is -0.207 e. The topological polar surface area (TPSA) is 37.4 Å². The van der Waals surface area contributed by atoms with Gasteiger partial charge in [0, 0.05) is 13.0 Å². The van der Waals surface area contributed by atoms with Gasteiger partial charge in [-0.2, -0.15) is 4.31 Å². The van der Waals surface area contributed by atoms with E-state index in [9.17, 15) is 8.42 Å². The van der Waals surface area contributed by atoms with Crippen LogP contribution in [0.5, 0.6) is 0 Å². The molecule has 0 unspecified atom stereocenters. The van der Waals surface area contributed by atoms with Crippen LogP contribution in [0.25, 0.3) is 11.1 Å². The summed E-state index contributed by atoms with van der Waals surface area (Å²) >= 11 is 0. The molecule has 0 fully saturated rings. The lowest BCUT2D eigenvalue weighted by Crippen LogP contribution is -2.46. The average Bonchev–Trinajstić information content (AvgIpc) is 2.60. The van der Waals surface area contributed by atoms with Gasteiger partial charge in [-0.1, -0.05) is 67.6 Å². The van der Waals surface area contributed by atoms with Crippen LogP contribution in [0.2, 0.25) is 0 Å². The summed E-state index contributed by atoms with van der Waals surface area (Å²) in [6, 6.07) is 17.3. The Morgan fingerprint density at radius 1 is 0.875 bits per heavy atom. The Bertz CT molecular complexity index is 958. The Morgan fingerprint density at radius 3 is 2.25 bits per heavy atom. The van der Waals surface area contributed by atoms with E-state index in [1.807, 2.05) is 30.3 Å². The van der Waals surface area contributed by atoms with Crippen LogP contribution in [0.1, 0.15) is 18.1 Å². The molecule has 1 aliphatic heterocycles. The van der Waals surface area contributed by atoms with Crippen LogP contribution in [-0.2, 0) is 10.0 Å². The van der Waals surface area contributed by atoms with Crippen molar-refractivity contribution in [2.75, 3.05) is 7.05 Å². The Hall–Kier alpha value is -2.17. The second-order valence-electron chi connectivity index (χ2n) is 6.36. The van der Waals surface area contributed by atoms with Crippen molar-refractivity contribution in [1.82, 2.24) is 4.31 Å². The van der Waals surface area contributed by atoms with Gasteiger partial charge < -0.3 is 0 Å². The molecule has 0 radical (unpaired) electrons. The normalized spacial score (nSPS) is 25.2. The van der Waals surface area contributed by atoms with E-state index in [0.29, 0.717) is 4.90 Å². The maximum absolute atomic E-state index is 12.9. The van der Waals surface area contributed by atoms with Crippen molar-refractivity contribution in [3.8, 4) is 0 Å². The van der Waals surface area contributed by atoms with E-state index in [0.717, 1.165) is 16.7 Å². The van der Waals surface area contributed by atoms with Crippen molar-refractivity contribution >= 4 is 21.2 Å². The summed E-state index contributed by atoms with van der Waals surface area (Å²) < 4.78 is 27.4. The summed E-state index contributed by atoms with van der Waals surface area (Å²) in [5.41, 5.74) is 4.22. The Balaban J connectivity index is 1.93. The van der Waals surface area contributed by atoms with Gasteiger partial charge in [0.05, 0.1) is 10.9 Å².